The summed E-state index contributed by atoms with van der Waals surface area (Å²) in [5.41, 5.74) is 0.351. The highest BCUT2D eigenvalue weighted by atomic mass is 15.3. The molecule has 112 valence electrons. The summed E-state index contributed by atoms with van der Waals surface area (Å²) in [5, 5.41) is 3.60. The molecule has 0 bridgehead atoms. The number of fused-ring (bicyclic) bond motifs is 1. The maximum Gasteiger partial charge on any atom is 0.0223 e. The van der Waals surface area contributed by atoms with Crippen molar-refractivity contribution >= 4 is 0 Å². The van der Waals surface area contributed by atoms with E-state index >= 15 is 0 Å². The van der Waals surface area contributed by atoms with Crippen molar-refractivity contribution in [1.29, 1.82) is 0 Å². The maximum absolute atomic E-state index is 3.60. The Morgan fingerprint density at radius 3 is 2.68 bits per heavy atom. The summed E-state index contributed by atoms with van der Waals surface area (Å²) >= 11 is 0. The molecule has 2 atom stereocenters. The largest absolute Gasteiger partial charge is 0.314 e. The molecule has 0 aromatic rings. The minimum atomic E-state index is 0.351. The lowest BCUT2D eigenvalue weighted by molar-refractivity contribution is 0.134. The van der Waals surface area contributed by atoms with Gasteiger partial charge < -0.3 is 10.2 Å². The molecule has 2 saturated heterocycles. The third kappa shape index (κ3) is 3.93. The SMILES string of the molecule is CCNC(C)C(C)(C)CN1CCCN2CCCC2C1. The highest BCUT2D eigenvalue weighted by Crippen LogP contribution is 2.26. The lowest BCUT2D eigenvalue weighted by atomic mass is 9.84. The molecule has 2 rings (SSSR count). The average Bonchev–Trinajstić information content (AvgIpc) is 2.68. The first-order valence-electron chi connectivity index (χ1n) is 8.22. The van der Waals surface area contributed by atoms with Crippen molar-refractivity contribution in [1.82, 2.24) is 15.1 Å². The zero-order valence-corrected chi connectivity index (χ0v) is 13.4. The fourth-order valence-corrected chi connectivity index (χ4v) is 3.72. The summed E-state index contributed by atoms with van der Waals surface area (Å²) in [6.07, 6.45) is 4.18. The van der Waals surface area contributed by atoms with Crippen LogP contribution in [0.5, 0.6) is 0 Å². The minimum absolute atomic E-state index is 0.351. The van der Waals surface area contributed by atoms with Gasteiger partial charge in [0.15, 0.2) is 0 Å². The molecule has 2 heterocycles. The highest BCUT2D eigenvalue weighted by Gasteiger charge is 2.33. The van der Waals surface area contributed by atoms with Crippen molar-refractivity contribution in [3.05, 3.63) is 0 Å². The number of nitrogens with zero attached hydrogens (tertiary/aromatic N) is 2. The first-order chi connectivity index (χ1) is 9.03. The van der Waals surface area contributed by atoms with Gasteiger partial charge in [-0.25, -0.2) is 0 Å². The number of hydrogen-bond acceptors (Lipinski definition) is 3. The smallest absolute Gasteiger partial charge is 0.0223 e. The predicted molar refractivity (Wildman–Crippen MR) is 82.6 cm³/mol. The topological polar surface area (TPSA) is 18.5 Å². The lowest BCUT2D eigenvalue weighted by Crippen LogP contribution is -2.48. The van der Waals surface area contributed by atoms with Gasteiger partial charge in [0, 0.05) is 25.2 Å². The second kappa shape index (κ2) is 6.55. The summed E-state index contributed by atoms with van der Waals surface area (Å²) < 4.78 is 0. The molecule has 1 N–H and O–H groups in total. The number of nitrogens with one attached hydrogen (secondary N) is 1. The Labute approximate surface area is 119 Å². The first kappa shape index (κ1) is 15.3. The summed E-state index contributed by atoms with van der Waals surface area (Å²) in [6.45, 7) is 16.9. The van der Waals surface area contributed by atoms with E-state index in [9.17, 15) is 0 Å². The van der Waals surface area contributed by atoms with Crippen LogP contribution < -0.4 is 5.32 Å². The van der Waals surface area contributed by atoms with E-state index in [1.807, 2.05) is 0 Å². The average molecular weight is 267 g/mol. The van der Waals surface area contributed by atoms with E-state index in [1.165, 1.54) is 52.0 Å². The van der Waals surface area contributed by atoms with Crippen molar-refractivity contribution < 1.29 is 0 Å². The summed E-state index contributed by atoms with van der Waals surface area (Å²) in [7, 11) is 0. The molecule has 2 fully saturated rings. The second-order valence-corrected chi connectivity index (χ2v) is 7.19. The highest BCUT2D eigenvalue weighted by molar-refractivity contribution is 4.89. The van der Waals surface area contributed by atoms with E-state index in [4.69, 9.17) is 0 Å². The van der Waals surface area contributed by atoms with E-state index in [0.29, 0.717) is 11.5 Å². The van der Waals surface area contributed by atoms with Crippen LogP contribution in [0.15, 0.2) is 0 Å². The molecule has 0 aromatic carbocycles. The van der Waals surface area contributed by atoms with Gasteiger partial charge in [-0.2, -0.15) is 0 Å². The van der Waals surface area contributed by atoms with Crippen LogP contribution in [-0.2, 0) is 0 Å². The van der Waals surface area contributed by atoms with Gasteiger partial charge >= 0.3 is 0 Å². The second-order valence-electron chi connectivity index (χ2n) is 7.19. The summed E-state index contributed by atoms with van der Waals surface area (Å²) in [6, 6.07) is 1.42. The van der Waals surface area contributed by atoms with Crippen LogP contribution in [0, 0.1) is 5.41 Å². The van der Waals surface area contributed by atoms with Gasteiger partial charge in [-0.05, 0) is 57.8 Å². The molecule has 0 aromatic heterocycles. The Balaban J connectivity index is 1.90. The Hall–Kier alpha value is -0.120. The molecule has 3 nitrogen and oxygen atoms in total. The van der Waals surface area contributed by atoms with Crippen LogP contribution in [0.4, 0.5) is 0 Å². The molecule has 0 spiro atoms. The predicted octanol–water partition coefficient (Wildman–Crippen LogP) is 2.18. The van der Waals surface area contributed by atoms with Gasteiger partial charge in [-0.15, -0.1) is 0 Å². The van der Waals surface area contributed by atoms with E-state index in [2.05, 4.69) is 42.8 Å². The maximum atomic E-state index is 3.60. The molecule has 3 heteroatoms. The molecular weight excluding hydrogens is 234 g/mol. The number of rotatable bonds is 5. The van der Waals surface area contributed by atoms with Crippen LogP contribution in [0.25, 0.3) is 0 Å². The molecule has 0 amide bonds. The quantitative estimate of drug-likeness (QED) is 0.824. The number of hydrogen-bond donors (Lipinski definition) is 1. The fourth-order valence-electron chi connectivity index (χ4n) is 3.72. The monoisotopic (exact) mass is 267 g/mol. The summed E-state index contributed by atoms with van der Waals surface area (Å²) in [5.74, 6) is 0. The Morgan fingerprint density at radius 2 is 1.95 bits per heavy atom. The molecule has 0 radical (unpaired) electrons. The Kier molecular flexibility index (Phi) is 5.27. The summed E-state index contributed by atoms with van der Waals surface area (Å²) in [4.78, 5) is 5.45. The van der Waals surface area contributed by atoms with Gasteiger partial charge in [0.2, 0.25) is 0 Å². The first-order valence-corrected chi connectivity index (χ1v) is 8.22. The Morgan fingerprint density at radius 1 is 1.21 bits per heavy atom. The van der Waals surface area contributed by atoms with E-state index in [1.54, 1.807) is 0 Å². The van der Waals surface area contributed by atoms with Crippen LogP contribution in [0.3, 0.4) is 0 Å². The molecule has 2 unspecified atom stereocenters. The van der Waals surface area contributed by atoms with Crippen molar-refractivity contribution in [3.8, 4) is 0 Å². The molecule has 2 aliphatic heterocycles. The van der Waals surface area contributed by atoms with Gasteiger partial charge in [0.1, 0.15) is 0 Å². The molecule has 2 aliphatic rings. The van der Waals surface area contributed by atoms with Crippen molar-refractivity contribution in [2.75, 3.05) is 39.3 Å². The lowest BCUT2D eigenvalue weighted by Gasteiger charge is -2.38. The zero-order valence-electron chi connectivity index (χ0n) is 13.4. The molecule has 0 saturated carbocycles. The van der Waals surface area contributed by atoms with Gasteiger partial charge in [-0.1, -0.05) is 20.8 Å². The van der Waals surface area contributed by atoms with E-state index in [0.717, 1.165) is 12.6 Å². The normalized spacial score (nSPS) is 28.1. The zero-order chi connectivity index (χ0) is 13.9. The standard InChI is InChI=1S/C16H33N3/c1-5-17-14(2)16(3,4)13-18-9-7-11-19-10-6-8-15(19)12-18/h14-15,17H,5-13H2,1-4H3. The van der Waals surface area contributed by atoms with Gasteiger partial charge in [0.25, 0.3) is 0 Å². The van der Waals surface area contributed by atoms with E-state index in [-0.39, 0.29) is 0 Å². The third-order valence-electron chi connectivity index (χ3n) is 5.20. The van der Waals surface area contributed by atoms with Crippen LogP contribution in [0.2, 0.25) is 0 Å². The van der Waals surface area contributed by atoms with Crippen molar-refractivity contribution in [2.24, 2.45) is 5.41 Å². The van der Waals surface area contributed by atoms with Crippen LogP contribution in [-0.4, -0.2) is 61.2 Å². The molecular formula is C16H33N3. The van der Waals surface area contributed by atoms with Gasteiger partial charge in [0.05, 0.1) is 0 Å². The molecule has 0 aliphatic carbocycles. The van der Waals surface area contributed by atoms with Crippen LogP contribution in [0.1, 0.15) is 47.0 Å². The minimum Gasteiger partial charge on any atom is -0.314 e. The van der Waals surface area contributed by atoms with E-state index < -0.39 is 0 Å². The molecule has 19 heavy (non-hydrogen) atoms. The van der Waals surface area contributed by atoms with Crippen molar-refractivity contribution in [2.45, 2.75) is 59.0 Å². The third-order valence-corrected chi connectivity index (χ3v) is 5.20. The fraction of sp³-hybridized carbons (Fsp3) is 1.00. The van der Waals surface area contributed by atoms with Crippen LogP contribution >= 0.6 is 0 Å². The van der Waals surface area contributed by atoms with Crippen molar-refractivity contribution in [3.63, 3.8) is 0 Å². The van der Waals surface area contributed by atoms with Gasteiger partial charge in [-0.3, -0.25) is 4.90 Å². The Bertz CT molecular complexity index is 277.